The number of unbranched alkanes of at least 4 members (excludes halogenated alkanes) is 1. The summed E-state index contributed by atoms with van der Waals surface area (Å²) in [6, 6.07) is 0. The fourth-order valence-corrected chi connectivity index (χ4v) is 2.75. The molecule has 0 saturated heterocycles. The normalized spacial score (nSPS) is 18.8. The van der Waals surface area contributed by atoms with E-state index in [0.717, 1.165) is 6.42 Å². The maximum Gasteiger partial charge on any atom is 0.0819 e. The van der Waals surface area contributed by atoms with Crippen LogP contribution in [0.5, 0.6) is 0 Å². The highest BCUT2D eigenvalue weighted by Gasteiger charge is 2.29. The Balaban J connectivity index is 0.00000106. The van der Waals surface area contributed by atoms with Crippen LogP contribution in [0.15, 0.2) is 0 Å². The van der Waals surface area contributed by atoms with Gasteiger partial charge in [0, 0.05) is 0 Å². The van der Waals surface area contributed by atoms with E-state index in [2.05, 4.69) is 11.8 Å². The molecular weight excluding hydrogens is 200 g/mol. The first-order chi connectivity index (χ1) is 7.83. The molecule has 0 bridgehead atoms. The predicted molar refractivity (Wildman–Crippen MR) is 69.6 cm³/mol. The Hall–Kier alpha value is -0.0800. The fourth-order valence-electron chi connectivity index (χ4n) is 2.75. The minimum atomic E-state index is 0.500. The lowest BCUT2D eigenvalue weighted by Crippen LogP contribution is -2.23. The molecule has 1 aliphatic carbocycles. The SMILES string of the molecule is CC.CCC1(CCCCOO)CCCCC1. The summed E-state index contributed by atoms with van der Waals surface area (Å²) in [4.78, 5) is 4.10. The van der Waals surface area contributed by atoms with Gasteiger partial charge in [0.05, 0.1) is 6.61 Å². The summed E-state index contributed by atoms with van der Waals surface area (Å²) in [5.74, 6) is 0. The van der Waals surface area contributed by atoms with Crippen molar-refractivity contribution in [1.29, 1.82) is 0 Å². The van der Waals surface area contributed by atoms with Crippen molar-refractivity contribution < 1.29 is 10.1 Å². The van der Waals surface area contributed by atoms with Crippen LogP contribution in [0, 0.1) is 5.41 Å². The Bertz CT molecular complexity index is 140. The van der Waals surface area contributed by atoms with Crippen molar-refractivity contribution in [3.05, 3.63) is 0 Å². The zero-order valence-electron chi connectivity index (χ0n) is 11.4. The second-order valence-corrected chi connectivity index (χ2v) is 4.70. The zero-order chi connectivity index (χ0) is 12.3. The monoisotopic (exact) mass is 230 g/mol. The van der Waals surface area contributed by atoms with E-state index in [0.29, 0.717) is 12.0 Å². The second-order valence-electron chi connectivity index (χ2n) is 4.70. The summed E-state index contributed by atoms with van der Waals surface area (Å²) in [7, 11) is 0. The van der Waals surface area contributed by atoms with Gasteiger partial charge >= 0.3 is 0 Å². The van der Waals surface area contributed by atoms with Crippen molar-refractivity contribution in [2.75, 3.05) is 6.61 Å². The topological polar surface area (TPSA) is 29.5 Å². The maximum atomic E-state index is 8.22. The Morgan fingerprint density at radius 2 is 1.69 bits per heavy atom. The van der Waals surface area contributed by atoms with Gasteiger partial charge in [0.1, 0.15) is 0 Å². The van der Waals surface area contributed by atoms with Crippen LogP contribution in [-0.2, 0) is 4.89 Å². The second kappa shape index (κ2) is 10.1. The van der Waals surface area contributed by atoms with Crippen LogP contribution >= 0.6 is 0 Å². The Kier molecular flexibility index (Phi) is 10.0. The molecule has 0 aliphatic heterocycles. The molecule has 0 radical (unpaired) electrons. The van der Waals surface area contributed by atoms with E-state index < -0.39 is 0 Å². The first-order valence-electron chi connectivity index (χ1n) is 7.09. The van der Waals surface area contributed by atoms with Gasteiger partial charge in [-0.15, -0.1) is 0 Å². The van der Waals surface area contributed by atoms with E-state index in [9.17, 15) is 0 Å². The molecule has 1 fully saturated rings. The van der Waals surface area contributed by atoms with E-state index in [1.807, 2.05) is 13.8 Å². The third-order valence-corrected chi connectivity index (χ3v) is 3.86. The zero-order valence-corrected chi connectivity index (χ0v) is 11.4. The highest BCUT2D eigenvalue weighted by atomic mass is 17.1. The highest BCUT2D eigenvalue weighted by Crippen LogP contribution is 2.43. The van der Waals surface area contributed by atoms with E-state index in [1.54, 1.807) is 0 Å². The Labute approximate surface area is 101 Å². The van der Waals surface area contributed by atoms with Crippen LogP contribution in [-0.4, -0.2) is 11.9 Å². The van der Waals surface area contributed by atoms with Crippen LogP contribution in [0.1, 0.15) is 78.6 Å². The third kappa shape index (κ3) is 5.86. The number of hydrogen-bond donors (Lipinski definition) is 1. The molecule has 0 aromatic carbocycles. The van der Waals surface area contributed by atoms with Gasteiger partial charge in [-0.05, 0) is 31.1 Å². The van der Waals surface area contributed by atoms with Gasteiger partial charge in [-0.2, -0.15) is 0 Å². The van der Waals surface area contributed by atoms with E-state index in [1.165, 1.54) is 51.4 Å². The summed E-state index contributed by atoms with van der Waals surface area (Å²) in [6.45, 7) is 6.83. The summed E-state index contributed by atoms with van der Waals surface area (Å²) in [5, 5.41) is 8.22. The van der Waals surface area contributed by atoms with Crippen molar-refractivity contribution in [1.82, 2.24) is 0 Å². The number of rotatable bonds is 6. The van der Waals surface area contributed by atoms with Gasteiger partial charge in [-0.3, -0.25) is 5.26 Å². The minimum absolute atomic E-state index is 0.500. The third-order valence-electron chi connectivity index (χ3n) is 3.86. The lowest BCUT2D eigenvalue weighted by molar-refractivity contribution is -0.243. The Morgan fingerprint density at radius 1 is 1.06 bits per heavy atom. The van der Waals surface area contributed by atoms with Gasteiger partial charge in [0.2, 0.25) is 0 Å². The fraction of sp³-hybridized carbons (Fsp3) is 1.00. The van der Waals surface area contributed by atoms with Crippen LogP contribution < -0.4 is 0 Å². The first kappa shape index (κ1) is 15.9. The first-order valence-corrected chi connectivity index (χ1v) is 7.09. The molecule has 2 heteroatoms. The van der Waals surface area contributed by atoms with Crippen molar-refractivity contribution in [3.63, 3.8) is 0 Å². The molecule has 2 nitrogen and oxygen atoms in total. The molecule has 1 aliphatic rings. The molecule has 16 heavy (non-hydrogen) atoms. The van der Waals surface area contributed by atoms with E-state index >= 15 is 0 Å². The lowest BCUT2D eigenvalue weighted by atomic mass is 9.69. The van der Waals surface area contributed by atoms with Crippen molar-refractivity contribution >= 4 is 0 Å². The van der Waals surface area contributed by atoms with Crippen LogP contribution in [0.2, 0.25) is 0 Å². The van der Waals surface area contributed by atoms with Crippen molar-refractivity contribution in [2.45, 2.75) is 78.6 Å². The lowest BCUT2D eigenvalue weighted by Gasteiger charge is -2.36. The molecule has 0 aromatic heterocycles. The van der Waals surface area contributed by atoms with Gasteiger partial charge in [0.25, 0.3) is 0 Å². The van der Waals surface area contributed by atoms with Crippen LogP contribution in [0.25, 0.3) is 0 Å². The average molecular weight is 230 g/mol. The standard InChI is InChI=1S/C12H24O2.C2H6/c1-2-12(8-4-3-5-9-12)10-6-7-11-14-13;1-2/h13H,2-11H2,1H3;1-2H3. The number of hydrogen-bond acceptors (Lipinski definition) is 2. The van der Waals surface area contributed by atoms with Crippen molar-refractivity contribution in [3.8, 4) is 0 Å². The molecule has 1 saturated carbocycles. The van der Waals surface area contributed by atoms with Gasteiger partial charge in [0.15, 0.2) is 0 Å². The molecule has 98 valence electrons. The molecule has 0 atom stereocenters. The van der Waals surface area contributed by atoms with Crippen LogP contribution in [0.3, 0.4) is 0 Å². The molecule has 1 N–H and O–H groups in total. The van der Waals surface area contributed by atoms with Gasteiger partial charge in [-0.25, -0.2) is 4.89 Å². The van der Waals surface area contributed by atoms with E-state index in [4.69, 9.17) is 5.26 Å². The molecule has 0 unspecified atom stereocenters. The summed E-state index contributed by atoms with van der Waals surface area (Å²) in [5.41, 5.74) is 0.633. The Morgan fingerprint density at radius 3 is 2.19 bits per heavy atom. The van der Waals surface area contributed by atoms with Gasteiger partial charge < -0.3 is 0 Å². The molecule has 0 aromatic rings. The molecule has 0 heterocycles. The highest BCUT2D eigenvalue weighted by molar-refractivity contribution is 4.81. The quantitative estimate of drug-likeness (QED) is 0.394. The molecule has 0 amide bonds. The maximum absolute atomic E-state index is 8.22. The van der Waals surface area contributed by atoms with Crippen molar-refractivity contribution in [2.24, 2.45) is 5.41 Å². The smallest absolute Gasteiger partial charge is 0.0819 e. The van der Waals surface area contributed by atoms with Crippen LogP contribution in [0.4, 0.5) is 0 Å². The predicted octanol–water partition coefficient (Wildman–Crippen LogP) is 5.03. The minimum Gasteiger partial charge on any atom is -0.252 e. The average Bonchev–Trinajstić information content (AvgIpc) is 2.38. The summed E-state index contributed by atoms with van der Waals surface area (Å²) < 4.78 is 0. The summed E-state index contributed by atoms with van der Waals surface area (Å²) in [6.07, 6.45) is 12.0. The summed E-state index contributed by atoms with van der Waals surface area (Å²) >= 11 is 0. The largest absolute Gasteiger partial charge is 0.252 e. The molecule has 0 spiro atoms. The molecular formula is C14H30O2. The molecule has 1 rings (SSSR count). The van der Waals surface area contributed by atoms with Gasteiger partial charge in [-0.1, -0.05) is 52.9 Å². The van der Waals surface area contributed by atoms with E-state index in [-0.39, 0.29) is 0 Å².